The molecule has 0 aromatic heterocycles. The summed E-state index contributed by atoms with van der Waals surface area (Å²) in [6.07, 6.45) is 0.519. The molecule has 13 heavy (non-hydrogen) atoms. The minimum atomic E-state index is -0.200. The maximum absolute atomic E-state index is 12.9. The number of rotatable bonds is 1. The van der Waals surface area contributed by atoms with Crippen molar-refractivity contribution in [3.63, 3.8) is 0 Å². The van der Waals surface area contributed by atoms with Gasteiger partial charge in [0.05, 0.1) is 12.5 Å². The topological polar surface area (TPSA) is 29.1 Å². The number of hydrogen-bond donors (Lipinski definition) is 1. The molecule has 1 fully saturated rings. The molecule has 1 amide bonds. The molecule has 68 valence electrons. The lowest BCUT2D eigenvalue weighted by molar-refractivity contribution is -0.128. The molecule has 1 aliphatic heterocycles. The molecule has 1 heterocycles. The first-order valence-corrected chi connectivity index (χ1v) is 4.22. The number of carbonyl (C=O) groups is 1. The summed E-state index contributed by atoms with van der Waals surface area (Å²) in [7, 11) is 0. The quantitative estimate of drug-likeness (QED) is 0.653. The van der Waals surface area contributed by atoms with E-state index in [1.807, 2.05) is 0 Å². The minimum Gasteiger partial charge on any atom is -0.349 e. The Morgan fingerprint density at radius 3 is 2.77 bits per heavy atom. The molecule has 0 saturated carbocycles. The van der Waals surface area contributed by atoms with Crippen LogP contribution in [0.3, 0.4) is 0 Å². The van der Waals surface area contributed by atoms with E-state index in [1.165, 1.54) is 6.07 Å². The van der Waals surface area contributed by atoms with E-state index in [2.05, 4.69) is 5.32 Å². The van der Waals surface area contributed by atoms with Gasteiger partial charge >= 0.3 is 0 Å². The zero-order valence-corrected chi connectivity index (χ0v) is 7.30. The second kappa shape index (κ2) is 2.83. The van der Waals surface area contributed by atoms with Crippen molar-refractivity contribution in [1.82, 2.24) is 5.32 Å². The molecule has 2 rings (SSSR count). The number of β-lactam (4-membered cyclic amide) rings is 1. The SMILES string of the molecule is Cc1cc(C2CC(=O)N2)ccc1F. The van der Waals surface area contributed by atoms with Crippen LogP contribution in [0.1, 0.15) is 23.6 Å². The van der Waals surface area contributed by atoms with E-state index in [0.29, 0.717) is 12.0 Å². The van der Waals surface area contributed by atoms with Crippen molar-refractivity contribution in [1.29, 1.82) is 0 Å². The van der Waals surface area contributed by atoms with E-state index < -0.39 is 0 Å². The average molecular weight is 179 g/mol. The molecule has 1 saturated heterocycles. The summed E-state index contributed by atoms with van der Waals surface area (Å²) in [6, 6.07) is 5.02. The van der Waals surface area contributed by atoms with Crippen LogP contribution in [0.2, 0.25) is 0 Å². The number of hydrogen-bond acceptors (Lipinski definition) is 1. The average Bonchev–Trinajstić information content (AvgIpc) is 2.05. The van der Waals surface area contributed by atoms with Gasteiger partial charge in [-0.1, -0.05) is 12.1 Å². The van der Waals surface area contributed by atoms with Crippen molar-refractivity contribution in [3.05, 3.63) is 35.1 Å². The highest BCUT2D eigenvalue weighted by molar-refractivity contribution is 5.83. The summed E-state index contributed by atoms with van der Waals surface area (Å²) in [4.78, 5) is 10.6. The van der Waals surface area contributed by atoms with Crippen molar-refractivity contribution < 1.29 is 9.18 Å². The van der Waals surface area contributed by atoms with Gasteiger partial charge in [0, 0.05) is 0 Å². The highest BCUT2D eigenvalue weighted by Gasteiger charge is 2.26. The molecule has 2 nitrogen and oxygen atoms in total. The van der Waals surface area contributed by atoms with Crippen molar-refractivity contribution in [2.45, 2.75) is 19.4 Å². The summed E-state index contributed by atoms with van der Waals surface area (Å²) in [6.45, 7) is 1.72. The van der Waals surface area contributed by atoms with Crippen molar-refractivity contribution >= 4 is 5.91 Å². The molecular formula is C10H10FNO. The van der Waals surface area contributed by atoms with Crippen molar-refractivity contribution in [2.24, 2.45) is 0 Å². The van der Waals surface area contributed by atoms with E-state index in [1.54, 1.807) is 19.1 Å². The molecule has 0 spiro atoms. The summed E-state index contributed by atoms with van der Waals surface area (Å²) in [5, 5.41) is 2.74. The van der Waals surface area contributed by atoms with Gasteiger partial charge in [-0.25, -0.2) is 4.39 Å². The summed E-state index contributed by atoms with van der Waals surface area (Å²) in [5.41, 5.74) is 1.61. The van der Waals surface area contributed by atoms with Crippen LogP contribution in [0.4, 0.5) is 4.39 Å². The lowest BCUT2D eigenvalue weighted by Crippen LogP contribution is -2.41. The number of amides is 1. The third kappa shape index (κ3) is 1.41. The Morgan fingerprint density at radius 2 is 2.23 bits per heavy atom. The zero-order chi connectivity index (χ0) is 9.42. The molecule has 1 aromatic rings. The second-order valence-electron chi connectivity index (χ2n) is 3.33. The van der Waals surface area contributed by atoms with Gasteiger partial charge in [0.15, 0.2) is 0 Å². The fourth-order valence-corrected chi connectivity index (χ4v) is 1.44. The molecule has 1 aliphatic rings. The van der Waals surface area contributed by atoms with E-state index in [-0.39, 0.29) is 17.8 Å². The van der Waals surface area contributed by atoms with Gasteiger partial charge in [0.2, 0.25) is 5.91 Å². The van der Waals surface area contributed by atoms with E-state index in [4.69, 9.17) is 0 Å². The minimum absolute atomic E-state index is 0.0620. The Kier molecular flexibility index (Phi) is 1.79. The number of benzene rings is 1. The number of aryl methyl sites for hydroxylation is 1. The lowest BCUT2D eigenvalue weighted by atomic mass is 9.96. The monoisotopic (exact) mass is 179 g/mol. The van der Waals surface area contributed by atoms with Gasteiger partial charge in [0.25, 0.3) is 0 Å². The van der Waals surface area contributed by atoms with Gasteiger partial charge in [-0.2, -0.15) is 0 Å². The van der Waals surface area contributed by atoms with Gasteiger partial charge in [-0.3, -0.25) is 4.79 Å². The largest absolute Gasteiger partial charge is 0.349 e. The number of nitrogens with one attached hydrogen (secondary N) is 1. The fraction of sp³-hybridized carbons (Fsp3) is 0.300. The van der Waals surface area contributed by atoms with Gasteiger partial charge in [-0.15, -0.1) is 0 Å². The maximum Gasteiger partial charge on any atom is 0.222 e. The number of carbonyl (C=O) groups excluding carboxylic acids is 1. The first-order chi connectivity index (χ1) is 6.16. The standard InChI is InChI=1S/C10H10FNO/c1-6-4-7(2-3-8(6)11)9-5-10(13)12-9/h2-4,9H,5H2,1H3,(H,12,13). The van der Waals surface area contributed by atoms with E-state index in [9.17, 15) is 9.18 Å². The fourth-order valence-electron chi connectivity index (χ4n) is 1.44. The molecule has 1 N–H and O–H groups in total. The molecule has 1 aromatic carbocycles. The second-order valence-corrected chi connectivity index (χ2v) is 3.33. The zero-order valence-electron chi connectivity index (χ0n) is 7.30. The van der Waals surface area contributed by atoms with Crippen LogP contribution in [-0.2, 0) is 4.79 Å². The highest BCUT2D eigenvalue weighted by Crippen LogP contribution is 2.24. The molecule has 0 radical (unpaired) electrons. The smallest absolute Gasteiger partial charge is 0.222 e. The third-order valence-electron chi connectivity index (χ3n) is 2.31. The van der Waals surface area contributed by atoms with Crippen LogP contribution in [0, 0.1) is 12.7 Å². The Morgan fingerprint density at radius 1 is 1.54 bits per heavy atom. The van der Waals surface area contributed by atoms with Crippen LogP contribution in [0.15, 0.2) is 18.2 Å². The Labute approximate surface area is 75.8 Å². The third-order valence-corrected chi connectivity index (χ3v) is 2.31. The Bertz CT molecular complexity index is 354. The van der Waals surface area contributed by atoms with Crippen molar-refractivity contribution in [3.8, 4) is 0 Å². The van der Waals surface area contributed by atoms with E-state index >= 15 is 0 Å². The molecule has 0 bridgehead atoms. The number of halogens is 1. The normalized spacial score (nSPS) is 20.8. The maximum atomic E-state index is 12.9. The summed E-state index contributed by atoms with van der Waals surface area (Å²) in [5.74, 6) is -0.138. The Balaban J connectivity index is 2.22. The van der Waals surface area contributed by atoms with E-state index in [0.717, 1.165) is 5.56 Å². The van der Waals surface area contributed by atoms with Crippen LogP contribution < -0.4 is 5.32 Å². The van der Waals surface area contributed by atoms with Crippen molar-refractivity contribution in [2.75, 3.05) is 0 Å². The molecule has 0 aliphatic carbocycles. The predicted molar refractivity (Wildman–Crippen MR) is 46.6 cm³/mol. The Hall–Kier alpha value is -1.38. The summed E-state index contributed by atoms with van der Waals surface area (Å²) >= 11 is 0. The van der Waals surface area contributed by atoms with Gasteiger partial charge in [0.1, 0.15) is 5.82 Å². The van der Waals surface area contributed by atoms with Gasteiger partial charge in [-0.05, 0) is 24.1 Å². The van der Waals surface area contributed by atoms with Gasteiger partial charge < -0.3 is 5.32 Å². The molecule has 1 atom stereocenters. The predicted octanol–water partition coefficient (Wildman–Crippen LogP) is 1.70. The molecule has 3 heteroatoms. The first-order valence-electron chi connectivity index (χ1n) is 4.22. The van der Waals surface area contributed by atoms with Crippen LogP contribution in [0.5, 0.6) is 0 Å². The van der Waals surface area contributed by atoms with Crippen LogP contribution in [0.25, 0.3) is 0 Å². The van der Waals surface area contributed by atoms with Crippen LogP contribution in [-0.4, -0.2) is 5.91 Å². The molecular weight excluding hydrogens is 169 g/mol. The van der Waals surface area contributed by atoms with Crippen LogP contribution >= 0.6 is 0 Å². The first kappa shape index (κ1) is 8.23. The summed E-state index contributed by atoms with van der Waals surface area (Å²) < 4.78 is 12.9. The highest BCUT2D eigenvalue weighted by atomic mass is 19.1. The lowest BCUT2D eigenvalue weighted by Gasteiger charge is -2.27. The molecule has 1 unspecified atom stereocenters.